The summed E-state index contributed by atoms with van der Waals surface area (Å²) >= 11 is 3.74. The molecule has 41 heavy (non-hydrogen) atoms. The average Bonchev–Trinajstić information content (AvgIpc) is 3.23. The van der Waals surface area contributed by atoms with Crippen molar-refractivity contribution >= 4 is 58.1 Å². The minimum absolute atomic E-state index is 0.00817. The van der Waals surface area contributed by atoms with Crippen LogP contribution in [0.2, 0.25) is 0 Å². The van der Waals surface area contributed by atoms with Crippen LogP contribution in [0.1, 0.15) is 50.5 Å². The molecular formula is C26H29N3O10S2. The Morgan fingerprint density at radius 3 is 2.29 bits per heavy atom. The van der Waals surface area contributed by atoms with Crippen molar-refractivity contribution in [2.45, 2.75) is 20.4 Å². The number of sulfonamides is 1. The van der Waals surface area contributed by atoms with E-state index in [0.717, 1.165) is 6.26 Å². The van der Waals surface area contributed by atoms with Gasteiger partial charge in [-0.1, -0.05) is 12.8 Å². The van der Waals surface area contributed by atoms with Crippen LogP contribution in [0.25, 0.3) is 0 Å². The summed E-state index contributed by atoms with van der Waals surface area (Å²) in [4.78, 5) is 63.5. The van der Waals surface area contributed by atoms with E-state index in [2.05, 4.69) is 17.5 Å². The van der Waals surface area contributed by atoms with E-state index in [4.69, 9.17) is 14.2 Å². The van der Waals surface area contributed by atoms with Crippen molar-refractivity contribution < 1.29 is 46.6 Å². The maximum absolute atomic E-state index is 13.3. The van der Waals surface area contributed by atoms with Crippen LogP contribution >= 0.6 is 12.8 Å². The maximum Gasteiger partial charge on any atom is 0.344 e. The maximum atomic E-state index is 13.3. The molecule has 1 heterocycles. The van der Waals surface area contributed by atoms with Gasteiger partial charge in [0.05, 0.1) is 31.7 Å². The van der Waals surface area contributed by atoms with E-state index < -0.39 is 52.7 Å². The first-order chi connectivity index (χ1) is 19.4. The summed E-state index contributed by atoms with van der Waals surface area (Å²) in [7, 11) is -4.10. The zero-order chi connectivity index (χ0) is 30.3. The Hall–Kier alpha value is -4.11. The molecule has 2 aromatic rings. The standard InChI is InChI=1S/C26H29N3O10S2/c1-4-37-23(31)14-29(41(3,35)36)20-11-16(7-9-22(20)39-15-24(32)38-5-2)21(30)13-28-12-18-10-17(25(33)27-40)6-8-19(18)26(28)34/h6-11,40H,4-5,12-15H2,1-3H3,(H,27,33). The number of ether oxygens (including phenoxy) is 3. The number of ketones is 1. The third-order valence-corrected chi connectivity index (χ3v) is 7.19. The lowest BCUT2D eigenvalue weighted by Gasteiger charge is -2.24. The van der Waals surface area contributed by atoms with Gasteiger partial charge in [-0.05, 0) is 55.8 Å². The highest BCUT2D eigenvalue weighted by Gasteiger charge is 2.31. The number of hydrogen-bond acceptors (Lipinski definition) is 11. The SMILES string of the molecule is CCOC(=O)COc1ccc(C(=O)CN2Cc3cc(C(=O)NS)ccc3C2=O)cc1N(CC(=O)OCC)S(C)(=O)=O. The van der Waals surface area contributed by atoms with E-state index in [1.165, 1.54) is 41.3 Å². The Morgan fingerprint density at radius 1 is 1.00 bits per heavy atom. The number of esters is 2. The molecule has 0 saturated heterocycles. The highest BCUT2D eigenvalue weighted by Crippen LogP contribution is 2.32. The van der Waals surface area contributed by atoms with Crippen molar-refractivity contribution in [1.82, 2.24) is 9.62 Å². The molecule has 2 aromatic carbocycles. The van der Waals surface area contributed by atoms with Gasteiger partial charge in [0.25, 0.3) is 11.8 Å². The molecule has 3 rings (SSSR count). The van der Waals surface area contributed by atoms with Crippen LogP contribution in [-0.4, -0.2) is 82.0 Å². The monoisotopic (exact) mass is 607 g/mol. The van der Waals surface area contributed by atoms with Crippen LogP contribution in [0.5, 0.6) is 5.75 Å². The van der Waals surface area contributed by atoms with Crippen LogP contribution in [-0.2, 0) is 35.6 Å². The van der Waals surface area contributed by atoms with Gasteiger partial charge in [0.2, 0.25) is 10.0 Å². The number of amides is 2. The van der Waals surface area contributed by atoms with Gasteiger partial charge in [-0.25, -0.2) is 13.2 Å². The van der Waals surface area contributed by atoms with E-state index in [-0.39, 0.29) is 43.3 Å². The summed E-state index contributed by atoms with van der Waals surface area (Å²) in [5.41, 5.74) is 1.02. The fourth-order valence-corrected chi connectivity index (χ4v) is 5.00. The normalized spacial score (nSPS) is 12.4. The molecule has 0 fully saturated rings. The fraction of sp³-hybridized carbons (Fsp3) is 0.346. The number of anilines is 1. The van der Waals surface area contributed by atoms with Crippen LogP contribution < -0.4 is 13.8 Å². The molecule has 0 spiro atoms. The van der Waals surface area contributed by atoms with Crippen molar-refractivity contribution in [1.29, 1.82) is 0 Å². The lowest BCUT2D eigenvalue weighted by Crippen LogP contribution is -2.36. The molecule has 0 aromatic heterocycles. The van der Waals surface area contributed by atoms with Crippen LogP contribution in [0, 0.1) is 0 Å². The smallest absolute Gasteiger partial charge is 0.344 e. The van der Waals surface area contributed by atoms with Crippen molar-refractivity contribution in [3.63, 3.8) is 0 Å². The van der Waals surface area contributed by atoms with E-state index >= 15 is 0 Å². The third kappa shape index (κ3) is 7.76. The van der Waals surface area contributed by atoms with Gasteiger partial charge in [0.1, 0.15) is 12.3 Å². The zero-order valence-electron chi connectivity index (χ0n) is 22.5. The number of carbonyl (C=O) groups is 5. The number of benzene rings is 2. The van der Waals surface area contributed by atoms with Crippen molar-refractivity contribution in [3.8, 4) is 5.75 Å². The van der Waals surface area contributed by atoms with E-state index in [1.54, 1.807) is 13.8 Å². The van der Waals surface area contributed by atoms with Crippen LogP contribution in [0.4, 0.5) is 5.69 Å². The second-order valence-electron chi connectivity index (χ2n) is 8.75. The summed E-state index contributed by atoms with van der Waals surface area (Å²) in [6.45, 7) is 1.71. The predicted octanol–water partition coefficient (Wildman–Crippen LogP) is 1.37. The van der Waals surface area contributed by atoms with Gasteiger partial charge in [-0.3, -0.25) is 28.2 Å². The molecule has 220 valence electrons. The van der Waals surface area contributed by atoms with Gasteiger partial charge in [0.15, 0.2) is 12.4 Å². The molecule has 2 amide bonds. The summed E-state index contributed by atoms with van der Waals surface area (Å²) in [5, 5.41) is 0. The summed E-state index contributed by atoms with van der Waals surface area (Å²) < 4.78 is 43.5. The largest absolute Gasteiger partial charge is 0.480 e. The summed E-state index contributed by atoms with van der Waals surface area (Å²) in [6.07, 6.45) is 0.859. The molecule has 0 atom stereocenters. The number of carbonyl (C=O) groups excluding carboxylic acids is 5. The molecular weight excluding hydrogens is 578 g/mol. The van der Waals surface area contributed by atoms with E-state index in [1.807, 2.05) is 0 Å². The van der Waals surface area contributed by atoms with Crippen LogP contribution in [0.15, 0.2) is 36.4 Å². The first-order valence-corrected chi connectivity index (χ1v) is 14.6. The molecule has 0 unspecified atom stereocenters. The van der Waals surface area contributed by atoms with Gasteiger partial charge in [-0.15, -0.1) is 0 Å². The second-order valence-corrected chi connectivity index (χ2v) is 10.9. The summed E-state index contributed by atoms with van der Waals surface area (Å²) in [5.74, 6) is -3.07. The Bertz CT molecular complexity index is 1480. The highest BCUT2D eigenvalue weighted by molar-refractivity contribution is 7.92. The second kappa shape index (κ2) is 13.5. The Balaban J connectivity index is 1.92. The molecule has 0 radical (unpaired) electrons. The van der Waals surface area contributed by atoms with Gasteiger partial charge in [0, 0.05) is 23.2 Å². The molecule has 1 aliphatic rings. The number of rotatable bonds is 13. The molecule has 15 heteroatoms. The van der Waals surface area contributed by atoms with E-state index in [0.29, 0.717) is 21.0 Å². The van der Waals surface area contributed by atoms with Gasteiger partial charge in [-0.2, -0.15) is 0 Å². The quantitative estimate of drug-likeness (QED) is 0.193. The topological polar surface area (TPSA) is 166 Å². The number of nitrogens with one attached hydrogen (secondary N) is 1. The highest BCUT2D eigenvalue weighted by atomic mass is 32.2. The van der Waals surface area contributed by atoms with Gasteiger partial charge >= 0.3 is 11.9 Å². The predicted molar refractivity (Wildman–Crippen MR) is 149 cm³/mol. The Morgan fingerprint density at radius 2 is 1.66 bits per heavy atom. The number of fused-ring (bicyclic) bond motifs is 1. The Labute approximate surface area is 242 Å². The molecule has 1 aliphatic heterocycles. The number of hydrogen-bond donors (Lipinski definition) is 2. The minimum Gasteiger partial charge on any atom is -0.480 e. The van der Waals surface area contributed by atoms with Crippen molar-refractivity contribution in [3.05, 3.63) is 58.7 Å². The average molecular weight is 608 g/mol. The first-order valence-electron chi connectivity index (χ1n) is 12.3. The fourth-order valence-electron chi connectivity index (χ4n) is 4.03. The molecule has 13 nitrogen and oxygen atoms in total. The Kier molecular flexibility index (Phi) is 10.3. The molecule has 0 bridgehead atoms. The van der Waals surface area contributed by atoms with Crippen LogP contribution in [0.3, 0.4) is 0 Å². The first kappa shape index (κ1) is 31.4. The minimum atomic E-state index is -4.10. The molecule has 0 saturated carbocycles. The van der Waals surface area contributed by atoms with Crippen molar-refractivity contribution in [2.24, 2.45) is 0 Å². The molecule has 1 N–H and O–H groups in total. The summed E-state index contributed by atoms with van der Waals surface area (Å²) in [6, 6.07) is 8.34. The number of nitrogens with zero attached hydrogens (tertiary/aromatic N) is 2. The zero-order valence-corrected chi connectivity index (χ0v) is 24.3. The van der Waals surface area contributed by atoms with E-state index in [9.17, 15) is 32.4 Å². The lowest BCUT2D eigenvalue weighted by molar-refractivity contribution is -0.145. The lowest BCUT2D eigenvalue weighted by atomic mass is 10.1. The number of thiol groups is 1. The third-order valence-electron chi connectivity index (χ3n) is 5.86. The van der Waals surface area contributed by atoms with Gasteiger partial charge < -0.3 is 19.1 Å². The van der Waals surface area contributed by atoms with Crippen molar-refractivity contribution in [2.75, 3.05) is 43.5 Å². The molecule has 0 aliphatic carbocycles. The number of Topliss-reactive ketones (excluding diaryl/α,β-unsaturated/α-hetero) is 1.